The molecule has 0 saturated heterocycles. The van der Waals surface area contributed by atoms with Crippen LogP contribution in [0.1, 0.15) is 26.7 Å². The Balaban J connectivity index is 4.25. The monoisotopic (exact) mass is 231 g/mol. The van der Waals surface area contributed by atoms with Crippen molar-refractivity contribution in [3.63, 3.8) is 0 Å². The van der Waals surface area contributed by atoms with E-state index in [4.69, 9.17) is 10.5 Å². The van der Waals surface area contributed by atoms with Crippen LogP contribution in [0.2, 0.25) is 0 Å². The molecule has 0 aromatic rings. The Kier molecular flexibility index (Phi) is 6.67. The highest BCUT2D eigenvalue weighted by molar-refractivity contribution is 5.92. The zero-order valence-corrected chi connectivity index (χ0v) is 10.4. The molecule has 6 nitrogen and oxygen atoms in total. The minimum atomic E-state index is -0.443. The lowest BCUT2D eigenvalue weighted by molar-refractivity contribution is -0.132. The van der Waals surface area contributed by atoms with E-state index in [1.165, 1.54) is 11.8 Å². The molecule has 0 rings (SSSR count). The van der Waals surface area contributed by atoms with Crippen LogP contribution in [0.4, 0.5) is 4.79 Å². The van der Waals surface area contributed by atoms with Gasteiger partial charge in [0.15, 0.2) is 0 Å². The van der Waals surface area contributed by atoms with Crippen LogP contribution in [-0.2, 0) is 9.53 Å². The Labute approximate surface area is 96.3 Å². The van der Waals surface area contributed by atoms with E-state index in [1.807, 2.05) is 6.92 Å². The second-order valence-electron chi connectivity index (χ2n) is 3.75. The highest BCUT2D eigenvalue weighted by Crippen LogP contribution is 2.00. The second kappa shape index (κ2) is 7.19. The number of carbonyl (C=O) groups excluding carboxylic acids is 2. The van der Waals surface area contributed by atoms with Crippen molar-refractivity contribution in [2.75, 3.05) is 20.8 Å². The zero-order valence-electron chi connectivity index (χ0n) is 10.4. The molecular formula is C10H21N3O3. The molecule has 6 heteroatoms. The van der Waals surface area contributed by atoms with Crippen LogP contribution in [0.3, 0.4) is 0 Å². The number of hydrogen-bond donors (Lipinski definition) is 1. The Morgan fingerprint density at radius 2 is 1.94 bits per heavy atom. The van der Waals surface area contributed by atoms with Gasteiger partial charge in [-0.25, -0.2) is 9.69 Å². The first-order chi connectivity index (χ1) is 7.40. The Morgan fingerprint density at radius 1 is 1.38 bits per heavy atom. The summed E-state index contributed by atoms with van der Waals surface area (Å²) in [6.07, 6.45) is 1.15. The lowest BCUT2D eigenvalue weighted by Crippen LogP contribution is -2.44. The average Bonchev–Trinajstić information content (AvgIpc) is 2.17. The molecule has 0 heterocycles. The van der Waals surface area contributed by atoms with Crippen molar-refractivity contribution < 1.29 is 14.3 Å². The van der Waals surface area contributed by atoms with Gasteiger partial charge in [-0.3, -0.25) is 4.79 Å². The summed E-state index contributed by atoms with van der Waals surface area (Å²) in [5.74, 6) is -0.359. The molecule has 0 fully saturated rings. The number of amides is 3. The first-order valence-electron chi connectivity index (χ1n) is 5.26. The third-order valence-electron chi connectivity index (χ3n) is 1.98. The molecule has 3 amide bonds. The first-order valence-corrected chi connectivity index (χ1v) is 5.26. The maximum Gasteiger partial charge on any atom is 0.328 e. The maximum absolute atomic E-state index is 11.6. The molecule has 0 aromatic heterocycles. The average molecular weight is 231 g/mol. The lowest BCUT2D eigenvalue weighted by Gasteiger charge is -2.24. The van der Waals surface area contributed by atoms with Crippen molar-refractivity contribution in [2.45, 2.75) is 32.9 Å². The van der Waals surface area contributed by atoms with E-state index in [0.29, 0.717) is 6.42 Å². The molecule has 1 unspecified atom stereocenters. The largest absolute Gasteiger partial charge is 0.343 e. The van der Waals surface area contributed by atoms with Crippen LogP contribution in [-0.4, -0.2) is 48.8 Å². The van der Waals surface area contributed by atoms with E-state index in [1.54, 1.807) is 14.1 Å². The van der Waals surface area contributed by atoms with Gasteiger partial charge in [-0.2, -0.15) is 0 Å². The van der Waals surface area contributed by atoms with Crippen LogP contribution in [0.5, 0.6) is 0 Å². The smallest absolute Gasteiger partial charge is 0.328 e. The Hall–Kier alpha value is -1.14. The van der Waals surface area contributed by atoms with Gasteiger partial charge in [-0.05, 0) is 6.42 Å². The number of urea groups is 1. The number of ether oxygens (including phenoxy) is 1. The summed E-state index contributed by atoms with van der Waals surface area (Å²) >= 11 is 0. The zero-order chi connectivity index (χ0) is 12.7. The van der Waals surface area contributed by atoms with Crippen LogP contribution < -0.4 is 5.73 Å². The summed E-state index contributed by atoms with van der Waals surface area (Å²) in [5, 5.41) is 0. The number of rotatable bonds is 5. The molecule has 2 N–H and O–H groups in total. The van der Waals surface area contributed by atoms with Crippen molar-refractivity contribution in [1.82, 2.24) is 9.80 Å². The summed E-state index contributed by atoms with van der Waals surface area (Å²) in [5.41, 5.74) is 5.62. The van der Waals surface area contributed by atoms with Gasteiger partial charge in [0.05, 0.1) is 0 Å². The van der Waals surface area contributed by atoms with Crippen molar-refractivity contribution in [2.24, 2.45) is 5.73 Å². The number of hydrogen-bond acceptors (Lipinski definition) is 4. The molecule has 1 atom stereocenters. The van der Waals surface area contributed by atoms with E-state index >= 15 is 0 Å². The minimum Gasteiger partial charge on any atom is -0.343 e. The highest BCUT2D eigenvalue weighted by atomic mass is 16.5. The summed E-state index contributed by atoms with van der Waals surface area (Å²) in [7, 11) is 3.15. The summed E-state index contributed by atoms with van der Waals surface area (Å²) in [6, 6.07) is -0.406. The van der Waals surface area contributed by atoms with Crippen molar-refractivity contribution in [3.8, 4) is 0 Å². The molecule has 0 bridgehead atoms. The molecule has 0 aliphatic heterocycles. The summed E-state index contributed by atoms with van der Waals surface area (Å²) in [6.45, 7) is 3.19. The van der Waals surface area contributed by atoms with Gasteiger partial charge in [-0.15, -0.1) is 0 Å². The third-order valence-corrected chi connectivity index (χ3v) is 1.98. The topological polar surface area (TPSA) is 75.9 Å². The molecule has 0 radical (unpaired) electrons. The third kappa shape index (κ3) is 5.09. The maximum atomic E-state index is 11.6. The minimum absolute atomic E-state index is 0.104. The highest BCUT2D eigenvalue weighted by Gasteiger charge is 2.20. The molecule has 16 heavy (non-hydrogen) atoms. The number of nitrogens with two attached hydrogens (primary N) is 1. The summed E-state index contributed by atoms with van der Waals surface area (Å²) < 4.78 is 5.21. The van der Waals surface area contributed by atoms with E-state index in [2.05, 4.69) is 0 Å². The van der Waals surface area contributed by atoms with Gasteiger partial charge in [0.2, 0.25) is 5.91 Å². The fraction of sp³-hybridized carbons (Fsp3) is 0.800. The van der Waals surface area contributed by atoms with Crippen molar-refractivity contribution in [1.29, 1.82) is 0 Å². The van der Waals surface area contributed by atoms with Gasteiger partial charge in [0, 0.05) is 21.0 Å². The standard InChI is InChI=1S/C10H21N3O3/c1-5-6-9(11)16-7-13(8(2)14)10(15)12(3)4/h9H,5-7,11H2,1-4H3. The molecule has 0 saturated carbocycles. The van der Waals surface area contributed by atoms with Crippen molar-refractivity contribution >= 4 is 11.9 Å². The first kappa shape index (κ1) is 14.9. The second-order valence-corrected chi connectivity index (χ2v) is 3.75. The van der Waals surface area contributed by atoms with E-state index in [-0.39, 0.29) is 12.6 Å². The fourth-order valence-electron chi connectivity index (χ4n) is 1.06. The molecular weight excluding hydrogens is 210 g/mol. The molecule has 0 aliphatic carbocycles. The Morgan fingerprint density at radius 3 is 2.31 bits per heavy atom. The quantitative estimate of drug-likeness (QED) is 0.702. The lowest BCUT2D eigenvalue weighted by atomic mass is 10.3. The molecule has 94 valence electrons. The van der Waals surface area contributed by atoms with Gasteiger partial charge < -0.3 is 15.4 Å². The van der Waals surface area contributed by atoms with Gasteiger partial charge >= 0.3 is 6.03 Å². The number of imide groups is 1. The molecule has 0 aromatic carbocycles. The normalized spacial score (nSPS) is 12.1. The predicted octanol–water partition coefficient (Wildman–Crippen LogP) is 0.576. The number of carbonyl (C=O) groups is 2. The molecule has 0 spiro atoms. The van der Waals surface area contributed by atoms with Crippen LogP contribution >= 0.6 is 0 Å². The molecule has 0 aliphatic rings. The predicted molar refractivity (Wildman–Crippen MR) is 60.4 cm³/mol. The fourth-order valence-corrected chi connectivity index (χ4v) is 1.06. The number of nitrogens with zero attached hydrogens (tertiary/aromatic N) is 2. The SMILES string of the molecule is CCCC(N)OCN(C(C)=O)C(=O)N(C)C. The summed E-state index contributed by atoms with van der Waals surface area (Å²) in [4.78, 5) is 25.1. The van der Waals surface area contributed by atoms with E-state index in [9.17, 15) is 9.59 Å². The van der Waals surface area contributed by atoms with Crippen LogP contribution in [0.15, 0.2) is 0 Å². The van der Waals surface area contributed by atoms with Crippen molar-refractivity contribution in [3.05, 3.63) is 0 Å². The van der Waals surface area contributed by atoms with E-state index < -0.39 is 12.3 Å². The van der Waals surface area contributed by atoms with Gasteiger partial charge in [0.1, 0.15) is 13.0 Å². The van der Waals surface area contributed by atoms with Crippen LogP contribution in [0, 0.1) is 0 Å². The van der Waals surface area contributed by atoms with Crippen LogP contribution in [0.25, 0.3) is 0 Å². The van der Waals surface area contributed by atoms with Gasteiger partial charge in [0.25, 0.3) is 0 Å². The van der Waals surface area contributed by atoms with Gasteiger partial charge in [-0.1, -0.05) is 13.3 Å². The Bertz CT molecular complexity index is 243. The van der Waals surface area contributed by atoms with E-state index in [0.717, 1.165) is 11.3 Å².